The van der Waals surface area contributed by atoms with E-state index in [-0.39, 0.29) is 17.6 Å². The first kappa shape index (κ1) is 13.3. The maximum absolute atomic E-state index is 9.99. The van der Waals surface area contributed by atoms with Crippen molar-refractivity contribution >= 4 is 0 Å². The first-order chi connectivity index (χ1) is 8.92. The number of aliphatic hydroxyl groups excluding tert-OH is 1. The van der Waals surface area contributed by atoms with E-state index in [1.54, 1.807) is 0 Å². The lowest BCUT2D eigenvalue weighted by Crippen LogP contribution is -2.51. The van der Waals surface area contributed by atoms with Crippen molar-refractivity contribution in [2.24, 2.45) is 5.41 Å². The predicted octanol–water partition coefficient (Wildman–Crippen LogP) is 1.79. The quantitative estimate of drug-likeness (QED) is 0.735. The minimum Gasteiger partial charge on any atom is -0.386 e. The number of hydrogen-bond donors (Lipinski definition) is 1. The molecule has 2 fully saturated rings. The van der Waals surface area contributed by atoms with Crippen LogP contribution in [0.15, 0.2) is 23.8 Å². The van der Waals surface area contributed by atoms with Crippen molar-refractivity contribution in [1.29, 1.82) is 0 Å². The lowest BCUT2D eigenvalue weighted by Gasteiger charge is -2.39. The van der Waals surface area contributed by atoms with Gasteiger partial charge in [-0.3, -0.25) is 0 Å². The molecule has 1 aliphatic carbocycles. The molecule has 3 rings (SSSR count). The third-order valence-electron chi connectivity index (χ3n) is 3.67. The molecule has 0 unspecified atom stereocenters. The molecule has 0 radical (unpaired) electrons. The van der Waals surface area contributed by atoms with Crippen LogP contribution in [0.1, 0.15) is 27.2 Å². The molecule has 0 saturated carbocycles. The van der Waals surface area contributed by atoms with Crippen molar-refractivity contribution in [3.05, 3.63) is 23.8 Å². The highest BCUT2D eigenvalue weighted by atomic mass is 16.8. The van der Waals surface area contributed by atoms with E-state index >= 15 is 0 Å². The molecule has 0 bridgehead atoms. The minimum absolute atomic E-state index is 0.0723. The van der Waals surface area contributed by atoms with Gasteiger partial charge in [-0.25, -0.2) is 0 Å². The molecule has 1 spiro atoms. The second-order valence-corrected chi connectivity index (χ2v) is 6.55. The number of rotatable bonds is 1. The van der Waals surface area contributed by atoms with Gasteiger partial charge >= 0.3 is 0 Å². The molecule has 2 aliphatic heterocycles. The van der Waals surface area contributed by atoms with Crippen LogP contribution in [0.3, 0.4) is 0 Å². The fraction of sp³-hybridized carbons (Fsp3) is 0.733. The Labute approximate surface area is 114 Å². The monoisotopic (exact) mass is 266 g/mol. The summed E-state index contributed by atoms with van der Waals surface area (Å²) < 4.78 is 17.4. The maximum Gasteiger partial charge on any atom is 0.224 e. The molecule has 4 heteroatoms. The fourth-order valence-electron chi connectivity index (χ4n) is 2.64. The molecular formula is C15H22O4. The Hall–Kier alpha value is -0.680. The van der Waals surface area contributed by atoms with Crippen LogP contribution in [0.25, 0.3) is 0 Å². The molecular weight excluding hydrogens is 244 g/mol. The Kier molecular flexibility index (Phi) is 3.09. The molecule has 4 nitrogen and oxygen atoms in total. The summed E-state index contributed by atoms with van der Waals surface area (Å²) >= 11 is 0. The largest absolute Gasteiger partial charge is 0.386 e. The average molecular weight is 266 g/mol. The topological polar surface area (TPSA) is 51.2 Å². The summed E-state index contributed by atoms with van der Waals surface area (Å²) in [6.45, 7) is 7.74. The standard InChI is InChI=1S/C15H22O4/c1-14(2,3)6-5-10-9-11(16)12-13(19-12)15(10)17-7-4-8-18-15/h5-6,9,11-13,16H,4,7-8H2,1-3H3/b6-5+/t11-,12+,13+/m1/s1. The summed E-state index contributed by atoms with van der Waals surface area (Å²) in [5.74, 6) is -0.802. The van der Waals surface area contributed by atoms with Crippen molar-refractivity contribution < 1.29 is 19.3 Å². The molecule has 1 N–H and O–H groups in total. The van der Waals surface area contributed by atoms with Gasteiger partial charge in [0.25, 0.3) is 0 Å². The Morgan fingerprint density at radius 2 is 2.00 bits per heavy atom. The highest BCUT2D eigenvalue weighted by Crippen LogP contribution is 2.48. The number of aliphatic hydroxyl groups is 1. The predicted molar refractivity (Wildman–Crippen MR) is 70.6 cm³/mol. The van der Waals surface area contributed by atoms with Gasteiger partial charge in [-0.1, -0.05) is 32.9 Å². The number of allylic oxidation sites excluding steroid dienone is 1. The highest BCUT2D eigenvalue weighted by molar-refractivity contribution is 5.38. The molecule has 2 saturated heterocycles. The number of fused-ring (bicyclic) bond motifs is 2. The number of ether oxygens (including phenoxy) is 3. The van der Waals surface area contributed by atoms with Gasteiger partial charge in [0.2, 0.25) is 5.79 Å². The van der Waals surface area contributed by atoms with Crippen LogP contribution in [0.4, 0.5) is 0 Å². The van der Waals surface area contributed by atoms with Crippen molar-refractivity contribution in [3.8, 4) is 0 Å². The van der Waals surface area contributed by atoms with E-state index < -0.39 is 11.9 Å². The van der Waals surface area contributed by atoms with E-state index in [1.165, 1.54) is 0 Å². The zero-order valence-electron chi connectivity index (χ0n) is 11.8. The first-order valence-electron chi connectivity index (χ1n) is 6.95. The lowest BCUT2D eigenvalue weighted by molar-refractivity contribution is -0.252. The third kappa shape index (κ3) is 2.38. The molecule has 3 atom stereocenters. The van der Waals surface area contributed by atoms with Crippen LogP contribution in [0.2, 0.25) is 0 Å². The van der Waals surface area contributed by atoms with Gasteiger partial charge in [0.15, 0.2) is 0 Å². The zero-order chi connectivity index (χ0) is 13.7. The summed E-state index contributed by atoms with van der Waals surface area (Å²) in [5.41, 5.74) is 0.955. The number of epoxide rings is 1. The van der Waals surface area contributed by atoms with E-state index in [0.717, 1.165) is 12.0 Å². The van der Waals surface area contributed by atoms with Gasteiger partial charge < -0.3 is 19.3 Å². The van der Waals surface area contributed by atoms with Crippen LogP contribution in [0.5, 0.6) is 0 Å². The van der Waals surface area contributed by atoms with Gasteiger partial charge in [0.1, 0.15) is 18.3 Å². The summed E-state index contributed by atoms with van der Waals surface area (Å²) in [7, 11) is 0. The van der Waals surface area contributed by atoms with Gasteiger partial charge in [-0.15, -0.1) is 0 Å². The Bertz CT molecular complexity index is 412. The lowest BCUT2D eigenvalue weighted by atomic mass is 9.87. The normalized spacial score (nSPS) is 37.3. The number of hydrogen-bond acceptors (Lipinski definition) is 4. The van der Waals surface area contributed by atoms with Crippen LogP contribution < -0.4 is 0 Å². The summed E-state index contributed by atoms with van der Waals surface area (Å²) in [4.78, 5) is 0. The van der Waals surface area contributed by atoms with Crippen molar-refractivity contribution in [2.45, 2.75) is 51.3 Å². The van der Waals surface area contributed by atoms with Gasteiger partial charge in [0, 0.05) is 5.57 Å². The Balaban J connectivity index is 1.91. The zero-order valence-corrected chi connectivity index (χ0v) is 11.8. The molecule has 0 aromatic carbocycles. The van der Waals surface area contributed by atoms with E-state index in [2.05, 4.69) is 26.8 Å². The maximum atomic E-state index is 9.99. The van der Waals surface area contributed by atoms with E-state index in [9.17, 15) is 5.11 Å². The molecule has 3 aliphatic rings. The molecule has 0 aromatic rings. The van der Waals surface area contributed by atoms with Gasteiger partial charge in [-0.05, 0) is 17.9 Å². The van der Waals surface area contributed by atoms with E-state index in [4.69, 9.17) is 14.2 Å². The molecule has 106 valence electrons. The summed E-state index contributed by atoms with van der Waals surface area (Å²) in [6.07, 6.45) is 5.91. The second-order valence-electron chi connectivity index (χ2n) is 6.55. The van der Waals surface area contributed by atoms with Crippen LogP contribution in [-0.2, 0) is 14.2 Å². The average Bonchev–Trinajstić information content (AvgIpc) is 3.14. The Morgan fingerprint density at radius 1 is 1.32 bits per heavy atom. The minimum atomic E-state index is -0.802. The van der Waals surface area contributed by atoms with E-state index in [0.29, 0.717) is 13.2 Å². The SMILES string of the molecule is CC(C)(C)/C=C/C1=C[C@@H](O)[C@@H]2O[C@@H]2C12OCCCO2. The van der Waals surface area contributed by atoms with Crippen molar-refractivity contribution in [2.75, 3.05) is 13.2 Å². The van der Waals surface area contributed by atoms with Gasteiger partial charge in [-0.2, -0.15) is 0 Å². The van der Waals surface area contributed by atoms with Gasteiger partial charge in [0.05, 0.1) is 13.2 Å². The van der Waals surface area contributed by atoms with Crippen LogP contribution in [0, 0.1) is 5.41 Å². The van der Waals surface area contributed by atoms with Crippen molar-refractivity contribution in [3.63, 3.8) is 0 Å². The van der Waals surface area contributed by atoms with Crippen LogP contribution >= 0.6 is 0 Å². The Morgan fingerprint density at radius 3 is 2.63 bits per heavy atom. The van der Waals surface area contributed by atoms with E-state index in [1.807, 2.05) is 12.2 Å². The smallest absolute Gasteiger partial charge is 0.224 e. The molecule has 19 heavy (non-hydrogen) atoms. The molecule has 2 heterocycles. The summed E-state index contributed by atoms with van der Waals surface area (Å²) in [6, 6.07) is 0. The molecule has 0 aromatic heterocycles. The van der Waals surface area contributed by atoms with Crippen LogP contribution in [-0.4, -0.2) is 42.4 Å². The third-order valence-corrected chi connectivity index (χ3v) is 3.67. The first-order valence-corrected chi connectivity index (χ1v) is 6.95. The fourth-order valence-corrected chi connectivity index (χ4v) is 2.64. The molecule has 0 amide bonds. The summed E-state index contributed by atoms with van der Waals surface area (Å²) in [5, 5.41) is 9.99. The highest BCUT2D eigenvalue weighted by Gasteiger charge is 2.64. The van der Waals surface area contributed by atoms with Crippen molar-refractivity contribution in [1.82, 2.24) is 0 Å². The second kappa shape index (κ2) is 4.42.